The minimum Gasteiger partial charge on any atom is -0.444 e. The Labute approximate surface area is 187 Å². The molecule has 0 heterocycles. The highest BCUT2D eigenvalue weighted by molar-refractivity contribution is 9.10. The second-order valence-electron chi connectivity index (χ2n) is 8.10. The summed E-state index contributed by atoms with van der Waals surface area (Å²) in [7, 11) is -1.04. The lowest BCUT2D eigenvalue weighted by atomic mass is 9.97. The highest BCUT2D eigenvalue weighted by atomic mass is 79.9. The lowest BCUT2D eigenvalue weighted by Gasteiger charge is -2.31. The van der Waals surface area contributed by atoms with Crippen LogP contribution in [0.15, 0.2) is 33.6 Å². The number of halogens is 1. The van der Waals surface area contributed by atoms with Crippen molar-refractivity contribution in [3.63, 3.8) is 0 Å². The van der Waals surface area contributed by atoms with Crippen molar-refractivity contribution in [1.82, 2.24) is 4.90 Å². The smallest absolute Gasteiger partial charge is 0.411 e. The number of amides is 1. The van der Waals surface area contributed by atoms with Crippen LogP contribution in [0.5, 0.6) is 0 Å². The van der Waals surface area contributed by atoms with Crippen LogP contribution in [0.25, 0.3) is 0 Å². The average molecular weight is 505 g/mol. The van der Waals surface area contributed by atoms with Crippen molar-refractivity contribution in [3.8, 4) is 6.07 Å². The molecule has 0 spiro atoms. The van der Waals surface area contributed by atoms with Gasteiger partial charge >= 0.3 is 6.09 Å². The van der Waals surface area contributed by atoms with E-state index in [4.69, 9.17) is 13.7 Å². The second-order valence-corrected chi connectivity index (χ2v) is 10.6. The largest absolute Gasteiger partial charge is 0.444 e. The van der Waals surface area contributed by atoms with Gasteiger partial charge in [0.15, 0.2) is 0 Å². The number of hydrogen-bond donors (Lipinski definition) is 0. The topological polar surface area (TPSA) is 106 Å². The van der Waals surface area contributed by atoms with Gasteiger partial charge in [0.2, 0.25) is 0 Å². The Bertz CT molecular complexity index is 861. The van der Waals surface area contributed by atoms with Crippen LogP contribution in [0.1, 0.15) is 40.5 Å². The van der Waals surface area contributed by atoms with Crippen molar-refractivity contribution < 1.29 is 26.9 Å². The predicted molar refractivity (Wildman–Crippen MR) is 115 cm³/mol. The van der Waals surface area contributed by atoms with Gasteiger partial charge in [0.05, 0.1) is 23.2 Å². The van der Waals surface area contributed by atoms with E-state index < -0.39 is 33.5 Å². The molecule has 1 rings (SSSR count). The number of nitrogens with zero attached hydrogens (tertiary/aromatic N) is 2. The van der Waals surface area contributed by atoms with Gasteiger partial charge in [-0.05, 0) is 64.8 Å². The maximum atomic E-state index is 12.4. The average Bonchev–Trinajstić information content (AvgIpc) is 2.66. The summed E-state index contributed by atoms with van der Waals surface area (Å²) in [4.78, 5) is 13.5. The zero-order valence-electron chi connectivity index (χ0n) is 18.1. The van der Waals surface area contributed by atoms with Gasteiger partial charge in [-0.2, -0.15) is 13.7 Å². The Morgan fingerprint density at radius 3 is 2.27 bits per heavy atom. The molecule has 0 saturated heterocycles. The maximum Gasteiger partial charge on any atom is 0.411 e. The Hall–Kier alpha value is -1.67. The van der Waals surface area contributed by atoms with Gasteiger partial charge in [0.1, 0.15) is 11.6 Å². The minimum absolute atomic E-state index is 0.0312. The number of hydrogen-bond acceptors (Lipinski definition) is 7. The molecule has 0 bridgehead atoms. The van der Waals surface area contributed by atoms with Gasteiger partial charge in [-0.15, -0.1) is 0 Å². The Kier molecular flexibility index (Phi) is 9.29. The molecule has 0 fully saturated rings. The first-order chi connectivity index (χ1) is 13.7. The zero-order valence-corrected chi connectivity index (χ0v) is 20.5. The fourth-order valence-electron chi connectivity index (χ4n) is 2.35. The van der Waals surface area contributed by atoms with Crippen LogP contribution in [0.4, 0.5) is 4.79 Å². The molecule has 30 heavy (non-hydrogen) atoms. The Morgan fingerprint density at radius 1 is 1.23 bits per heavy atom. The van der Waals surface area contributed by atoms with E-state index in [9.17, 15) is 18.5 Å². The molecule has 0 aromatic heterocycles. The van der Waals surface area contributed by atoms with Crippen molar-refractivity contribution in [2.24, 2.45) is 0 Å². The van der Waals surface area contributed by atoms with Gasteiger partial charge in [-0.25, -0.2) is 4.79 Å². The summed E-state index contributed by atoms with van der Waals surface area (Å²) in [5.74, 6) is 0. The first-order valence-corrected chi connectivity index (χ1v) is 11.5. The van der Waals surface area contributed by atoms with Crippen LogP contribution >= 0.6 is 15.9 Å². The summed E-state index contributed by atoms with van der Waals surface area (Å²) in [5.41, 5.74) is -1.66. The molecule has 1 aromatic rings. The maximum absolute atomic E-state index is 12.4. The standard InChI is InChI=1S/C20H29BrN2O6S/c1-19(2,3)29-18(24)23(5)16(13-22)11-12-20(4,27-6)14-28-30(25,26)17-9-7-15(21)8-10-17/h7-10,16H,11-12,14H2,1-6H3. The predicted octanol–water partition coefficient (Wildman–Crippen LogP) is 4.10. The normalized spacial score (nSPS) is 15.0. The first-order valence-electron chi connectivity index (χ1n) is 9.28. The molecular formula is C20H29BrN2O6S. The number of methoxy groups -OCH3 is 1. The van der Waals surface area contributed by atoms with Crippen LogP contribution in [-0.2, 0) is 23.8 Å². The summed E-state index contributed by atoms with van der Waals surface area (Å²) in [5, 5.41) is 9.47. The number of ether oxygens (including phenoxy) is 2. The summed E-state index contributed by atoms with van der Waals surface area (Å²) in [6.07, 6.45) is -0.0783. The van der Waals surface area contributed by atoms with Crippen LogP contribution in [-0.4, -0.2) is 57.4 Å². The molecule has 2 unspecified atom stereocenters. The van der Waals surface area contributed by atoms with E-state index >= 15 is 0 Å². The number of benzene rings is 1. The third-order valence-electron chi connectivity index (χ3n) is 4.36. The third-order valence-corrected chi connectivity index (χ3v) is 6.17. The third kappa shape index (κ3) is 8.22. The van der Waals surface area contributed by atoms with E-state index in [-0.39, 0.29) is 24.3 Å². The fourth-order valence-corrected chi connectivity index (χ4v) is 3.63. The van der Waals surface area contributed by atoms with E-state index in [1.54, 1.807) is 39.8 Å². The van der Waals surface area contributed by atoms with Crippen LogP contribution in [0.2, 0.25) is 0 Å². The van der Waals surface area contributed by atoms with Crippen molar-refractivity contribution in [2.75, 3.05) is 20.8 Å². The molecule has 10 heteroatoms. The van der Waals surface area contributed by atoms with Crippen molar-refractivity contribution in [3.05, 3.63) is 28.7 Å². The number of carbonyl (C=O) groups is 1. The van der Waals surface area contributed by atoms with E-state index in [1.807, 2.05) is 0 Å². The molecule has 0 aliphatic heterocycles. The zero-order chi connectivity index (χ0) is 23.2. The highest BCUT2D eigenvalue weighted by Crippen LogP contribution is 2.24. The Balaban J connectivity index is 2.77. The summed E-state index contributed by atoms with van der Waals surface area (Å²) in [6.45, 7) is 6.67. The molecule has 0 saturated carbocycles. The summed E-state index contributed by atoms with van der Waals surface area (Å²) < 4.78 is 41.5. The van der Waals surface area contributed by atoms with Crippen molar-refractivity contribution in [1.29, 1.82) is 5.26 Å². The molecule has 168 valence electrons. The first kappa shape index (κ1) is 26.4. The van der Waals surface area contributed by atoms with Gasteiger partial charge in [0, 0.05) is 18.6 Å². The van der Waals surface area contributed by atoms with E-state index in [0.29, 0.717) is 0 Å². The number of carbonyl (C=O) groups excluding carboxylic acids is 1. The molecular weight excluding hydrogens is 476 g/mol. The molecule has 0 aliphatic rings. The minimum atomic E-state index is -3.96. The summed E-state index contributed by atoms with van der Waals surface area (Å²) >= 11 is 3.25. The van der Waals surface area contributed by atoms with Gasteiger partial charge in [-0.3, -0.25) is 9.08 Å². The van der Waals surface area contributed by atoms with Gasteiger partial charge < -0.3 is 9.47 Å². The molecule has 2 atom stereocenters. The fraction of sp³-hybridized carbons (Fsp3) is 0.600. The molecule has 8 nitrogen and oxygen atoms in total. The molecule has 0 N–H and O–H groups in total. The lowest BCUT2D eigenvalue weighted by molar-refractivity contribution is -0.0386. The number of nitriles is 1. The summed E-state index contributed by atoms with van der Waals surface area (Å²) in [6, 6.07) is 7.39. The van der Waals surface area contributed by atoms with Crippen LogP contribution in [0.3, 0.4) is 0 Å². The number of rotatable bonds is 9. The van der Waals surface area contributed by atoms with E-state index in [0.717, 1.165) is 4.47 Å². The quantitative estimate of drug-likeness (QED) is 0.465. The molecule has 1 amide bonds. The van der Waals surface area contributed by atoms with Crippen LogP contribution < -0.4 is 0 Å². The van der Waals surface area contributed by atoms with Crippen molar-refractivity contribution in [2.45, 2.75) is 62.7 Å². The molecule has 0 radical (unpaired) electrons. The monoisotopic (exact) mass is 504 g/mol. The molecule has 0 aliphatic carbocycles. The molecule has 1 aromatic carbocycles. The van der Waals surface area contributed by atoms with E-state index in [1.165, 1.54) is 31.2 Å². The van der Waals surface area contributed by atoms with E-state index in [2.05, 4.69) is 22.0 Å². The van der Waals surface area contributed by atoms with Gasteiger partial charge in [-0.1, -0.05) is 15.9 Å². The van der Waals surface area contributed by atoms with Crippen LogP contribution in [0, 0.1) is 11.3 Å². The Morgan fingerprint density at radius 2 is 1.80 bits per heavy atom. The second kappa shape index (κ2) is 10.6. The van der Waals surface area contributed by atoms with Crippen molar-refractivity contribution >= 4 is 32.1 Å². The van der Waals surface area contributed by atoms with Gasteiger partial charge in [0.25, 0.3) is 10.1 Å². The lowest BCUT2D eigenvalue weighted by Crippen LogP contribution is -2.42. The highest BCUT2D eigenvalue weighted by Gasteiger charge is 2.31. The SMILES string of the molecule is COC(C)(CCC(C#N)N(C)C(=O)OC(C)(C)C)COS(=O)(=O)c1ccc(Br)cc1.